The Morgan fingerprint density at radius 1 is 0.889 bits per heavy atom. The lowest BCUT2D eigenvalue weighted by atomic mass is 9.99. The zero-order valence-electron chi connectivity index (χ0n) is 14.1. The molecular weight excluding hydrogens is 410 g/mol. The van der Waals surface area contributed by atoms with E-state index in [1.54, 1.807) is 42.5 Å². The van der Waals surface area contributed by atoms with Gasteiger partial charge in [0, 0.05) is 10.0 Å². The molecule has 27 heavy (non-hydrogen) atoms. The van der Waals surface area contributed by atoms with Crippen LogP contribution in [0.25, 0.3) is 0 Å². The quantitative estimate of drug-likeness (QED) is 0.562. The average Bonchev–Trinajstić information content (AvgIpc) is 2.69. The number of hydrogen-bond donors (Lipinski definition) is 3. The van der Waals surface area contributed by atoms with Crippen LogP contribution in [0.1, 0.15) is 37.9 Å². The van der Waals surface area contributed by atoms with Crippen molar-refractivity contribution in [3.8, 4) is 0 Å². The third-order valence-electron chi connectivity index (χ3n) is 4.04. The molecule has 6 heteroatoms. The molecule has 0 spiro atoms. The fourth-order valence-corrected chi connectivity index (χ4v) is 3.04. The number of rotatable bonds is 5. The van der Waals surface area contributed by atoms with Crippen molar-refractivity contribution < 1.29 is 19.8 Å². The zero-order chi connectivity index (χ0) is 19.4. The van der Waals surface area contributed by atoms with Crippen LogP contribution in [0.4, 0.5) is 5.69 Å². The fourth-order valence-electron chi connectivity index (χ4n) is 2.67. The molecule has 3 rings (SSSR count). The van der Waals surface area contributed by atoms with E-state index in [0.717, 1.165) is 5.56 Å². The summed E-state index contributed by atoms with van der Waals surface area (Å²) < 4.78 is 0.603. The summed E-state index contributed by atoms with van der Waals surface area (Å²) in [7, 11) is 0. The Bertz CT molecular complexity index is 988. The predicted molar refractivity (Wildman–Crippen MR) is 106 cm³/mol. The molecule has 1 unspecified atom stereocenters. The van der Waals surface area contributed by atoms with Gasteiger partial charge in [-0.3, -0.25) is 4.79 Å². The third kappa shape index (κ3) is 4.42. The van der Waals surface area contributed by atoms with Crippen molar-refractivity contribution in [3.05, 3.63) is 99.5 Å². The van der Waals surface area contributed by atoms with Crippen LogP contribution in [0.5, 0.6) is 0 Å². The van der Waals surface area contributed by atoms with E-state index in [4.69, 9.17) is 0 Å². The van der Waals surface area contributed by atoms with Crippen molar-refractivity contribution in [2.24, 2.45) is 0 Å². The van der Waals surface area contributed by atoms with Crippen molar-refractivity contribution in [1.29, 1.82) is 0 Å². The number of carboxylic acid groups (broad SMARTS) is 1. The van der Waals surface area contributed by atoms with Crippen molar-refractivity contribution in [1.82, 2.24) is 0 Å². The number of carboxylic acids is 1. The van der Waals surface area contributed by atoms with Gasteiger partial charge in [0.1, 0.15) is 6.10 Å². The molecule has 0 aliphatic carbocycles. The Morgan fingerprint density at radius 3 is 2.30 bits per heavy atom. The molecule has 3 N–H and O–H groups in total. The number of nitrogens with one attached hydrogen (secondary N) is 1. The molecule has 0 saturated carbocycles. The molecule has 3 aromatic carbocycles. The van der Waals surface area contributed by atoms with Crippen molar-refractivity contribution in [2.75, 3.05) is 5.32 Å². The molecule has 0 fully saturated rings. The molecular formula is C21H16BrNO4. The SMILES string of the molecule is O=C(Nc1ccc(Br)cc1C(=O)O)c1cccc(C(O)c2ccccc2)c1. The number of carbonyl (C=O) groups is 2. The molecule has 1 atom stereocenters. The van der Waals surface area contributed by atoms with Gasteiger partial charge in [0.05, 0.1) is 11.3 Å². The monoisotopic (exact) mass is 425 g/mol. The molecule has 0 radical (unpaired) electrons. The van der Waals surface area contributed by atoms with E-state index in [1.807, 2.05) is 18.2 Å². The van der Waals surface area contributed by atoms with Gasteiger partial charge in [-0.05, 0) is 41.5 Å². The second kappa shape index (κ2) is 8.16. The summed E-state index contributed by atoms with van der Waals surface area (Å²) in [5, 5.41) is 22.5. The Kier molecular flexibility index (Phi) is 5.69. The molecule has 5 nitrogen and oxygen atoms in total. The van der Waals surface area contributed by atoms with E-state index in [9.17, 15) is 19.8 Å². The number of benzene rings is 3. The van der Waals surface area contributed by atoms with E-state index in [2.05, 4.69) is 21.2 Å². The molecule has 0 saturated heterocycles. The maximum absolute atomic E-state index is 12.6. The van der Waals surface area contributed by atoms with Crippen LogP contribution >= 0.6 is 15.9 Å². The first-order chi connectivity index (χ1) is 13.0. The van der Waals surface area contributed by atoms with Gasteiger partial charge in [-0.2, -0.15) is 0 Å². The lowest BCUT2D eigenvalue weighted by Gasteiger charge is -2.13. The van der Waals surface area contributed by atoms with E-state index >= 15 is 0 Å². The minimum absolute atomic E-state index is 0.0156. The maximum atomic E-state index is 12.6. The first-order valence-electron chi connectivity index (χ1n) is 8.13. The molecule has 0 heterocycles. The smallest absolute Gasteiger partial charge is 0.337 e. The molecule has 1 amide bonds. The summed E-state index contributed by atoms with van der Waals surface area (Å²) in [6.45, 7) is 0. The Morgan fingerprint density at radius 2 is 1.59 bits per heavy atom. The minimum atomic E-state index is -1.14. The number of halogens is 1. The number of aromatic carboxylic acids is 1. The fraction of sp³-hybridized carbons (Fsp3) is 0.0476. The highest BCUT2D eigenvalue weighted by molar-refractivity contribution is 9.10. The Balaban J connectivity index is 1.86. The Labute approximate surface area is 164 Å². The van der Waals surface area contributed by atoms with Crippen LogP contribution < -0.4 is 5.32 Å². The van der Waals surface area contributed by atoms with Crippen LogP contribution in [-0.4, -0.2) is 22.1 Å². The second-order valence-corrected chi connectivity index (χ2v) is 6.80. The topological polar surface area (TPSA) is 86.6 Å². The minimum Gasteiger partial charge on any atom is -0.478 e. The molecule has 0 aromatic heterocycles. The predicted octanol–water partition coefficient (Wildman–Crippen LogP) is 4.48. The molecule has 0 aliphatic rings. The summed E-state index contributed by atoms with van der Waals surface area (Å²) in [6.07, 6.45) is -0.860. The van der Waals surface area contributed by atoms with Gasteiger partial charge in [-0.25, -0.2) is 4.79 Å². The first-order valence-corrected chi connectivity index (χ1v) is 8.92. The number of carbonyl (C=O) groups excluding carboxylic acids is 1. The van der Waals surface area contributed by atoms with Crippen LogP contribution in [0.15, 0.2) is 77.3 Å². The number of aliphatic hydroxyl groups is 1. The van der Waals surface area contributed by atoms with E-state index in [0.29, 0.717) is 15.6 Å². The lowest BCUT2D eigenvalue weighted by molar-refractivity contribution is 0.0698. The van der Waals surface area contributed by atoms with Gasteiger partial charge >= 0.3 is 5.97 Å². The van der Waals surface area contributed by atoms with Gasteiger partial charge in [0.25, 0.3) is 5.91 Å². The van der Waals surface area contributed by atoms with Gasteiger partial charge in [0.2, 0.25) is 0 Å². The summed E-state index contributed by atoms with van der Waals surface area (Å²) in [5.41, 5.74) is 1.80. The molecule has 0 aliphatic heterocycles. The van der Waals surface area contributed by atoms with Crippen LogP contribution in [0.3, 0.4) is 0 Å². The number of anilines is 1. The highest BCUT2D eigenvalue weighted by Gasteiger charge is 2.16. The van der Waals surface area contributed by atoms with E-state index in [-0.39, 0.29) is 11.3 Å². The summed E-state index contributed by atoms with van der Waals surface area (Å²) >= 11 is 3.22. The highest BCUT2D eigenvalue weighted by atomic mass is 79.9. The Hall–Kier alpha value is -2.96. The van der Waals surface area contributed by atoms with Gasteiger partial charge in [-0.1, -0.05) is 58.4 Å². The number of hydrogen-bond acceptors (Lipinski definition) is 3. The summed E-state index contributed by atoms with van der Waals surface area (Å²) in [5.74, 6) is -1.60. The largest absolute Gasteiger partial charge is 0.478 e. The maximum Gasteiger partial charge on any atom is 0.337 e. The van der Waals surface area contributed by atoms with E-state index in [1.165, 1.54) is 12.1 Å². The van der Waals surface area contributed by atoms with Crippen molar-refractivity contribution in [3.63, 3.8) is 0 Å². The summed E-state index contributed by atoms with van der Waals surface area (Å²) in [4.78, 5) is 24.0. The van der Waals surface area contributed by atoms with Crippen LogP contribution in [0, 0.1) is 0 Å². The van der Waals surface area contributed by atoms with Crippen LogP contribution in [0.2, 0.25) is 0 Å². The second-order valence-electron chi connectivity index (χ2n) is 5.89. The van der Waals surface area contributed by atoms with Crippen LogP contribution in [-0.2, 0) is 0 Å². The standard InChI is InChI=1S/C21H16BrNO4/c22-16-9-10-18(17(12-16)21(26)27)23-20(25)15-8-4-7-14(11-15)19(24)13-5-2-1-3-6-13/h1-12,19,24H,(H,23,25)(H,26,27). The van der Waals surface area contributed by atoms with Gasteiger partial charge in [0.15, 0.2) is 0 Å². The third-order valence-corrected chi connectivity index (χ3v) is 4.53. The molecule has 136 valence electrons. The van der Waals surface area contributed by atoms with Gasteiger partial charge in [-0.15, -0.1) is 0 Å². The van der Waals surface area contributed by atoms with Gasteiger partial charge < -0.3 is 15.5 Å². The first kappa shape index (κ1) is 18.8. The normalized spacial score (nSPS) is 11.6. The van der Waals surface area contributed by atoms with Crippen molar-refractivity contribution in [2.45, 2.75) is 6.10 Å². The molecule has 0 bridgehead atoms. The highest BCUT2D eigenvalue weighted by Crippen LogP contribution is 2.24. The average molecular weight is 426 g/mol. The van der Waals surface area contributed by atoms with Crippen molar-refractivity contribution >= 4 is 33.5 Å². The lowest BCUT2D eigenvalue weighted by Crippen LogP contribution is -2.15. The summed E-state index contributed by atoms with van der Waals surface area (Å²) in [6, 6.07) is 20.3. The van der Waals surface area contributed by atoms with E-state index < -0.39 is 18.0 Å². The number of amides is 1. The zero-order valence-corrected chi connectivity index (χ0v) is 15.7. The molecule has 3 aromatic rings. The number of aliphatic hydroxyl groups excluding tert-OH is 1.